The van der Waals surface area contributed by atoms with E-state index in [1.54, 1.807) is 0 Å². The molecule has 0 saturated carbocycles. The summed E-state index contributed by atoms with van der Waals surface area (Å²) in [4.78, 5) is 0. The van der Waals surface area contributed by atoms with Crippen LogP contribution in [0, 0.1) is 23.3 Å². The van der Waals surface area contributed by atoms with Gasteiger partial charge in [-0.25, -0.2) is 5.26 Å². The maximum absolute atomic E-state index is 7.10. The molecule has 5 heavy (non-hydrogen) atoms. The minimum absolute atomic E-state index is 1.25. The van der Waals surface area contributed by atoms with Crippen LogP contribution in [0.5, 0.6) is 0 Å². The van der Waals surface area contributed by atoms with Gasteiger partial charge in [-0.05, 0) is 0 Å². The van der Waals surface area contributed by atoms with Gasteiger partial charge in [-0.15, -0.1) is 0 Å². The molecule has 0 radical (unpaired) electrons. The van der Waals surface area contributed by atoms with Crippen molar-refractivity contribution >= 4 is 0 Å². The first-order chi connectivity index (χ1) is 2.41. The van der Waals surface area contributed by atoms with E-state index in [0.29, 0.717) is 0 Å². The lowest BCUT2D eigenvalue weighted by Crippen LogP contribution is -1.69. The van der Waals surface area contributed by atoms with Crippen molar-refractivity contribution in [3.63, 3.8) is 0 Å². The van der Waals surface area contributed by atoms with Crippen molar-refractivity contribution in [2.75, 3.05) is 0 Å². The Balaban J connectivity index is 0. The van der Waals surface area contributed by atoms with Crippen molar-refractivity contribution in [2.24, 2.45) is 5.73 Å². The first-order valence-electron chi connectivity index (χ1n) is 0.770. The molecule has 0 aliphatic rings. The quantitative estimate of drug-likeness (QED) is 0.309. The summed E-state index contributed by atoms with van der Waals surface area (Å²) in [6.45, 7) is 3.50. The Morgan fingerprint density at radius 2 is 1.60 bits per heavy atom. The third-order valence-corrected chi connectivity index (χ3v) is 0. The second-order valence-corrected chi connectivity index (χ2v) is 0.129. The molecule has 0 spiro atoms. The van der Waals surface area contributed by atoms with Gasteiger partial charge in [-0.2, -0.15) is 5.26 Å². The SMILES string of the molecule is C#N.N#CN. The van der Waals surface area contributed by atoms with Gasteiger partial charge < -0.3 is 5.73 Å². The van der Waals surface area contributed by atoms with E-state index in [1.807, 2.05) is 0 Å². The Morgan fingerprint density at radius 3 is 1.60 bits per heavy atom. The van der Waals surface area contributed by atoms with Gasteiger partial charge in [0.1, 0.15) is 0 Å². The van der Waals surface area contributed by atoms with E-state index in [2.05, 4.69) is 12.3 Å². The van der Waals surface area contributed by atoms with Crippen LogP contribution in [0.25, 0.3) is 0 Å². The summed E-state index contributed by atoms with van der Waals surface area (Å²) in [5.74, 6) is 0. The van der Waals surface area contributed by atoms with E-state index < -0.39 is 0 Å². The molecule has 0 rings (SSSR count). The maximum Gasteiger partial charge on any atom is 0.173 e. The van der Waals surface area contributed by atoms with E-state index in [-0.39, 0.29) is 0 Å². The Labute approximate surface area is 30.2 Å². The molecule has 3 heteroatoms. The molecular formula is C2H3N3. The molecule has 0 aliphatic heterocycles. The van der Waals surface area contributed by atoms with Crippen LogP contribution >= 0.6 is 0 Å². The zero-order valence-corrected chi connectivity index (χ0v) is 2.55. The van der Waals surface area contributed by atoms with Crippen LogP contribution in [0.4, 0.5) is 0 Å². The van der Waals surface area contributed by atoms with Crippen LogP contribution in [0.15, 0.2) is 0 Å². The van der Waals surface area contributed by atoms with Gasteiger partial charge in [0, 0.05) is 6.57 Å². The Kier molecular flexibility index (Phi) is 336. The molecule has 0 unspecified atom stereocenters. The number of nitrogens with two attached hydrogens (primary N) is 1. The van der Waals surface area contributed by atoms with Crippen molar-refractivity contribution in [3.05, 3.63) is 0 Å². The number of hydrogen-bond donors (Lipinski definition) is 1. The monoisotopic (exact) mass is 69.0 g/mol. The summed E-state index contributed by atoms with van der Waals surface area (Å²) in [6, 6.07) is 0. The largest absolute Gasteiger partial charge is 0.337 e. The van der Waals surface area contributed by atoms with Crippen LogP contribution < -0.4 is 5.73 Å². The molecular weight excluding hydrogens is 66.0 g/mol. The van der Waals surface area contributed by atoms with Gasteiger partial charge in [0.05, 0.1) is 0 Å². The van der Waals surface area contributed by atoms with Gasteiger partial charge in [0.25, 0.3) is 0 Å². The predicted octanol–water partition coefficient (Wildman–Crippen LogP) is -0.434. The zero-order valence-electron chi connectivity index (χ0n) is 2.55. The Bertz CT molecular complexity index is 47.6. The molecule has 0 aromatic rings. The van der Waals surface area contributed by atoms with E-state index >= 15 is 0 Å². The number of hydrogen-bond acceptors (Lipinski definition) is 3. The topological polar surface area (TPSA) is 73.6 Å². The first kappa shape index (κ1) is 9.22. The summed E-state index contributed by atoms with van der Waals surface area (Å²) in [6.07, 6.45) is 1.25. The highest BCUT2D eigenvalue weighted by Crippen LogP contribution is 0.900. The van der Waals surface area contributed by atoms with Crippen molar-refractivity contribution < 1.29 is 0 Å². The third-order valence-electron chi connectivity index (χ3n) is 0. The van der Waals surface area contributed by atoms with Gasteiger partial charge in [-0.1, -0.05) is 0 Å². The highest BCUT2D eigenvalue weighted by molar-refractivity contribution is 4.46. The number of rotatable bonds is 0. The summed E-state index contributed by atoms with van der Waals surface area (Å²) < 4.78 is 0. The Morgan fingerprint density at radius 1 is 1.60 bits per heavy atom. The molecule has 26 valence electrons. The Hall–Kier alpha value is -1.22. The molecule has 0 saturated heterocycles. The highest BCUT2D eigenvalue weighted by atomic mass is 14.5. The summed E-state index contributed by atoms with van der Waals surface area (Å²) >= 11 is 0. The molecule has 2 N–H and O–H groups in total. The van der Waals surface area contributed by atoms with Crippen LogP contribution in [0.3, 0.4) is 0 Å². The molecule has 0 heterocycles. The van der Waals surface area contributed by atoms with Crippen molar-refractivity contribution in [3.8, 4) is 12.8 Å². The minimum Gasteiger partial charge on any atom is -0.337 e. The number of nitrogens with zero attached hydrogens (tertiary/aromatic N) is 2. The summed E-state index contributed by atoms with van der Waals surface area (Å²) in [7, 11) is 0. The smallest absolute Gasteiger partial charge is 0.173 e. The standard InChI is InChI=1S/CH2N2.CHN/c2-1-3;1-2/h2H2;1H. The predicted molar refractivity (Wildman–Crippen MR) is 16.5 cm³/mol. The van der Waals surface area contributed by atoms with Crippen molar-refractivity contribution in [1.29, 1.82) is 10.5 Å². The fraction of sp³-hybridized carbons (Fsp3) is 0. The number of nitriles is 2. The molecule has 0 aliphatic carbocycles. The molecule has 0 atom stereocenters. The molecule has 0 amide bonds. The van der Waals surface area contributed by atoms with E-state index in [0.717, 1.165) is 0 Å². The average molecular weight is 69.1 g/mol. The maximum atomic E-state index is 7.10. The lowest BCUT2D eigenvalue weighted by molar-refractivity contribution is 1.45. The van der Waals surface area contributed by atoms with Crippen molar-refractivity contribution in [2.45, 2.75) is 0 Å². The fourth-order valence-corrected chi connectivity index (χ4v) is 0. The molecule has 0 bridgehead atoms. The van der Waals surface area contributed by atoms with Crippen molar-refractivity contribution in [1.82, 2.24) is 0 Å². The first-order valence-corrected chi connectivity index (χ1v) is 0.770. The third kappa shape index (κ3) is 1.14. The summed E-state index contributed by atoms with van der Waals surface area (Å²) in [5.41, 5.74) is 4.15. The normalized spacial score (nSPS) is 1.80. The summed E-state index contributed by atoms with van der Waals surface area (Å²) in [5, 5.41) is 13.6. The van der Waals surface area contributed by atoms with E-state index in [9.17, 15) is 0 Å². The van der Waals surface area contributed by atoms with E-state index in [4.69, 9.17) is 10.5 Å². The minimum atomic E-state index is 1.25. The molecule has 0 aromatic heterocycles. The van der Waals surface area contributed by atoms with Crippen LogP contribution in [0.1, 0.15) is 0 Å². The van der Waals surface area contributed by atoms with Gasteiger partial charge >= 0.3 is 0 Å². The zero-order chi connectivity index (χ0) is 4.71. The van der Waals surface area contributed by atoms with Crippen LogP contribution in [-0.4, -0.2) is 0 Å². The molecule has 0 aromatic carbocycles. The fourth-order valence-electron chi connectivity index (χ4n) is 0. The van der Waals surface area contributed by atoms with Gasteiger partial charge in [0.15, 0.2) is 6.19 Å². The molecule has 3 nitrogen and oxygen atoms in total. The van der Waals surface area contributed by atoms with Crippen LogP contribution in [-0.2, 0) is 0 Å². The lowest BCUT2D eigenvalue weighted by Gasteiger charge is -1.24. The van der Waals surface area contributed by atoms with Crippen LogP contribution in [0.2, 0.25) is 0 Å². The van der Waals surface area contributed by atoms with Gasteiger partial charge in [-0.3, -0.25) is 0 Å². The van der Waals surface area contributed by atoms with E-state index in [1.165, 1.54) is 6.19 Å². The molecule has 0 fully saturated rings. The second kappa shape index (κ2) is 182. The average Bonchev–Trinajstić information content (AvgIpc) is 1.46. The highest BCUT2D eigenvalue weighted by Gasteiger charge is 1.12. The second-order valence-electron chi connectivity index (χ2n) is 0.129. The lowest BCUT2D eigenvalue weighted by atomic mass is 11.5. The van der Waals surface area contributed by atoms with Gasteiger partial charge in [0.2, 0.25) is 0 Å².